The number of pyridine rings is 1. The molecule has 1 aromatic heterocycles. The Hall–Kier alpha value is -1.60. The van der Waals surface area contributed by atoms with Crippen molar-refractivity contribution in [3.05, 3.63) is 24.0 Å². The lowest BCUT2D eigenvalue weighted by Gasteiger charge is -2.33. The standard InChI is InChI=1S/C14H20N4/c1-2-16-11-12-4-7-18(8-5-12)14-3-6-17-13(9-14)10-15/h3,6,9,12,16H,2,4-5,7-8,11H2,1H3. The molecule has 0 saturated carbocycles. The molecule has 0 spiro atoms. The highest BCUT2D eigenvalue weighted by molar-refractivity contribution is 5.48. The average Bonchev–Trinajstić information content (AvgIpc) is 2.46. The number of rotatable bonds is 4. The second kappa shape index (κ2) is 6.36. The molecule has 0 aromatic carbocycles. The van der Waals surface area contributed by atoms with E-state index in [1.54, 1.807) is 6.20 Å². The molecule has 1 fully saturated rings. The van der Waals surface area contributed by atoms with Crippen molar-refractivity contribution >= 4 is 5.69 Å². The van der Waals surface area contributed by atoms with Gasteiger partial charge in [0.2, 0.25) is 0 Å². The largest absolute Gasteiger partial charge is 0.371 e. The second-order valence-electron chi connectivity index (χ2n) is 4.75. The molecule has 0 amide bonds. The van der Waals surface area contributed by atoms with E-state index >= 15 is 0 Å². The fraction of sp³-hybridized carbons (Fsp3) is 0.571. The van der Waals surface area contributed by atoms with Gasteiger partial charge in [0.15, 0.2) is 0 Å². The summed E-state index contributed by atoms with van der Waals surface area (Å²) in [7, 11) is 0. The number of nitrogens with zero attached hydrogens (tertiary/aromatic N) is 3. The van der Waals surface area contributed by atoms with E-state index in [2.05, 4.69) is 28.2 Å². The SMILES string of the molecule is CCNCC1CCN(c2ccnc(C#N)c2)CC1. The first-order valence-electron chi connectivity index (χ1n) is 6.65. The molecule has 0 unspecified atom stereocenters. The number of hydrogen-bond acceptors (Lipinski definition) is 4. The molecule has 0 aliphatic carbocycles. The van der Waals surface area contributed by atoms with Gasteiger partial charge >= 0.3 is 0 Å². The van der Waals surface area contributed by atoms with E-state index in [4.69, 9.17) is 5.26 Å². The number of piperidine rings is 1. The molecule has 1 saturated heterocycles. The molecule has 0 atom stereocenters. The van der Waals surface area contributed by atoms with Gasteiger partial charge in [0.05, 0.1) is 0 Å². The maximum Gasteiger partial charge on any atom is 0.142 e. The molecule has 2 heterocycles. The first kappa shape index (κ1) is 12.8. The second-order valence-corrected chi connectivity index (χ2v) is 4.75. The van der Waals surface area contributed by atoms with Gasteiger partial charge in [-0.3, -0.25) is 0 Å². The van der Waals surface area contributed by atoms with Crippen LogP contribution in [0.15, 0.2) is 18.3 Å². The van der Waals surface area contributed by atoms with Crippen LogP contribution >= 0.6 is 0 Å². The fourth-order valence-corrected chi connectivity index (χ4v) is 2.42. The highest BCUT2D eigenvalue weighted by Crippen LogP contribution is 2.22. The van der Waals surface area contributed by atoms with E-state index in [1.165, 1.54) is 12.8 Å². The van der Waals surface area contributed by atoms with Gasteiger partial charge in [-0.25, -0.2) is 4.98 Å². The molecule has 1 aliphatic rings. The summed E-state index contributed by atoms with van der Waals surface area (Å²) in [5, 5.41) is 12.3. The van der Waals surface area contributed by atoms with Crippen LogP contribution in [-0.4, -0.2) is 31.2 Å². The van der Waals surface area contributed by atoms with Crippen LogP contribution in [0.4, 0.5) is 5.69 Å². The third kappa shape index (κ3) is 3.21. The Bertz CT molecular complexity index is 416. The van der Waals surface area contributed by atoms with Gasteiger partial charge in [-0.15, -0.1) is 0 Å². The first-order chi connectivity index (χ1) is 8.83. The summed E-state index contributed by atoms with van der Waals surface area (Å²) in [4.78, 5) is 6.36. The number of hydrogen-bond donors (Lipinski definition) is 1. The molecule has 96 valence electrons. The van der Waals surface area contributed by atoms with Gasteiger partial charge in [0.25, 0.3) is 0 Å². The summed E-state index contributed by atoms with van der Waals surface area (Å²) in [5.74, 6) is 0.790. The molecular weight excluding hydrogens is 224 g/mol. The highest BCUT2D eigenvalue weighted by atomic mass is 15.1. The zero-order chi connectivity index (χ0) is 12.8. The van der Waals surface area contributed by atoms with Crippen molar-refractivity contribution in [1.29, 1.82) is 5.26 Å². The Morgan fingerprint density at radius 1 is 1.50 bits per heavy atom. The van der Waals surface area contributed by atoms with E-state index in [9.17, 15) is 0 Å². The lowest BCUT2D eigenvalue weighted by atomic mass is 9.96. The first-order valence-corrected chi connectivity index (χ1v) is 6.65. The smallest absolute Gasteiger partial charge is 0.142 e. The van der Waals surface area contributed by atoms with Gasteiger partial charge < -0.3 is 10.2 Å². The molecule has 4 nitrogen and oxygen atoms in total. The van der Waals surface area contributed by atoms with Crippen LogP contribution in [0.5, 0.6) is 0 Å². The zero-order valence-electron chi connectivity index (χ0n) is 10.9. The minimum atomic E-state index is 0.502. The van der Waals surface area contributed by atoms with E-state index in [0.717, 1.165) is 37.8 Å². The predicted molar refractivity (Wildman–Crippen MR) is 72.4 cm³/mol. The Morgan fingerprint density at radius 3 is 2.94 bits per heavy atom. The van der Waals surface area contributed by atoms with Crippen LogP contribution in [0.1, 0.15) is 25.5 Å². The fourth-order valence-electron chi connectivity index (χ4n) is 2.42. The predicted octanol–water partition coefficient (Wildman–Crippen LogP) is 1.78. The van der Waals surface area contributed by atoms with E-state index in [0.29, 0.717) is 5.69 Å². The molecule has 1 N–H and O–H groups in total. The van der Waals surface area contributed by atoms with E-state index < -0.39 is 0 Å². The minimum Gasteiger partial charge on any atom is -0.371 e. The molecule has 0 radical (unpaired) electrons. The number of nitriles is 1. The van der Waals surface area contributed by atoms with Gasteiger partial charge in [-0.05, 0) is 44.0 Å². The Balaban J connectivity index is 1.91. The van der Waals surface area contributed by atoms with Gasteiger partial charge in [0.1, 0.15) is 11.8 Å². The topological polar surface area (TPSA) is 52.0 Å². The summed E-state index contributed by atoms with van der Waals surface area (Å²) in [6.45, 7) is 6.48. The van der Waals surface area contributed by atoms with Crippen LogP contribution in [0.2, 0.25) is 0 Å². The summed E-state index contributed by atoms with van der Waals surface area (Å²) >= 11 is 0. The molecule has 1 aliphatic heterocycles. The van der Waals surface area contributed by atoms with Gasteiger partial charge in [-0.2, -0.15) is 5.26 Å². The Kier molecular flexibility index (Phi) is 4.54. The third-order valence-electron chi connectivity index (χ3n) is 3.52. The summed E-state index contributed by atoms with van der Waals surface area (Å²) in [6.07, 6.45) is 4.16. The van der Waals surface area contributed by atoms with E-state index in [-0.39, 0.29) is 0 Å². The third-order valence-corrected chi connectivity index (χ3v) is 3.52. The van der Waals surface area contributed by atoms with Crippen LogP contribution in [-0.2, 0) is 0 Å². The number of anilines is 1. The quantitative estimate of drug-likeness (QED) is 0.877. The van der Waals surface area contributed by atoms with Crippen LogP contribution in [0.25, 0.3) is 0 Å². The lowest BCUT2D eigenvalue weighted by molar-refractivity contribution is 0.386. The van der Waals surface area contributed by atoms with Crippen molar-refractivity contribution in [1.82, 2.24) is 10.3 Å². The Morgan fingerprint density at radius 2 is 2.28 bits per heavy atom. The van der Waals surface area contributed by atoms with Gasteiger partial charge in [-0.1, -0.05) is 6.92 Å². The van der Waals surface area contributed by atoms with Crippen molar-refractivity contribution in [3.63, 3.8) is 0 Å². The Labute approximate surface area is 109 Å². The van der Waals surface area contributed by atoms with Gasteiger partial charge in [0, 0.05) is 25.0 Å². The molecule has 18 heavy (non-hydrogen) atoms. The maximum absolute atomic E-state index is 8.86. The highest BCUT2D eigenvalue weighted by Gasteiger charge is 2.19. The molecule has 0 bridgehead atoms. The maximum atomic E-state index is 8.86. The normalized spacial score (nSPS) is 16.6. The molecule has 4 heteroatoms. The molecule has 2 rings (SSSR count). The van der Waals surface area contributed by atoms with Crippen LogP contribution < -0.4 is 10.2 Å². The van der Waals surface area contributed by atoms with Crippen molar-refractivity contribution in [2.75, 3.05) is 31.1 Å². The van der Waals surface area contributed by atoms with E-state index in [1.807, 2.05) is 12.1 Å². The zero-order valence-corrected chi connectivity index (χ0v) is 10.9. The minimum absolute atomic E-state index is 0.502. The van der Waals surface area contributed by atoms with Crippen LogP contribution in [0.3, 0.4) is 0 Å². The van der Waals surface area contributed by atoms with Crippen LogP contribution in [0, 0.1) is 17.2 Å². The number of aromatic nitrogens is 1. The van der Waals surface area contributed by atoms with Crippen molar-refractivity contribution < 1.29 is 0 Å². The molecule has 1 aromatic rings. The van der Waals surface area contributed by atoms with Crippen molar-refractivity contribution in [2.24, 2.45) is 5.92 Å². The summed E-state index contributed by atoms with van der Waals surface area (Å²) in [5.41, 5.74) is 1.63. The number of nitrogens with one attached hydrogen (secondary N) is 1. The van der Waals surface area contributed by atoms with Crippen molar-refractivity contribution in [2.45, 2.75) is 19.8 Å². The average molecular weight is 244 g/mol. The van der Waals surface area contributed by atoms with Crippen molar-refractivity contribution in [3.8, 4) is 6.07 Å². The summed E-state index contributed by atoms with van der Waals surface area (Å²) < 4.78 is 0. The molecular formula is C14H20N4. The summed E-state index contributed by atoms with van der Waals surface area (Å²) in [6, 6.07) is 5.97. The lowest BCUT2D eigenvalue weighted by Crippen LogP contribution is -2.37. The monoisotopic (exact) mass is 244 g/mol.